The summed E-state index contributed by atoms with van der Waals surface area (Å²) in [5.74, 6) is 2.32. The predicted octanol–water partition coefficient (Wildman–Crippen LogP) is 4.71. The van der Waals surface area contributed by atoms with Crippen LogP contribution in [0.3, 0.4) is 0 Å². The number of nitrogens with one attached hydrogen (secondary N) is 1. The van der Waals surface area contributed by atoms with Crippen LogP contribution in [0.1, 0.15) is 57.1 Å². The van der Waals surface area contributed by atoms with Crippen LogP contribution < -0.4 is 11.1 Å². The molecule has 4 aliphatic rings. The highest BCUT2D eigenvalue weighted by Gasteiger charge is 2.58. The highest BCUT2D eigenvalue weighted by Crippen LogP contribution is 2.63. The smallest absolute Gasteiger partial charge is 0.230 e. The summed E-state index contributed by atoms with van der Waals surface area (Å²) in [5.41, 5.74) is 7.90. The third kappa shape index (κ3) is 4.65. The third-order valence-electron chi connectivity index (χ3n) is 9.18. The molecule has 0 spiro atoms. The summed E-state index contributed by atoms with van der Waals surface area (Å²) >= 11 is 6.02. The lowest BCUT2D eigenvalue weighted by Crippen LogP contribution is -2.60. The van der Waals surface area contributed by atoms with Gasteiger partial charge in [-0.2, -0.15) is 0 Å². The zero-order valence-electron chi connectivity index (χ0n) is 20.7. The Hall–Kier alpha value is -2.24. The summed E-state index contributed by atoms with van der Waals surface area (Å²) in [5, 5.41) is 3.80. The molecule has 3 atom stereocenters. The van der Waals surface area contributed by atoms with Crippen molar-refractivity contribution in [1.29, 1.82) is 0 Å². The Balaban J connectivity index is 1.23. The van der Waals surface area contributed by atoms with E-state index in [-0.39, 0.29) is 17.4 Å². The fourth-order valence-electron chi connectivity index (χ4n) is 7.54. The van der Waals surface area contributed by atoms with Gasteiger partial charge in [-0.1, -0.05) is 23.7 Å². The summed E-state index contributed by atoms with van der Waals surface area (Å²) in [6.07, 6.45) is 9.31. The maximum Gasteiger partial charge on any atom is 0.230 e. The average Bonchev–Trinajstić information content (AvgIpc) is 2.82. The van der Waals surface area contributed by atoms with Gasteiger partial charge in [-0.25, -0.2) is 0 Å². The highest BCUT2D eigenvalue weighted by atomic mass is 35.5. The predicted molar refractivity (Wildman–Crippen MR) is 138 cm³/mol. The number of hydrogen-bond donors (Lipinski definition) is 2. The van der Waals surface area contributed by atoms with E-state index in [0.29, 0.717) is 47.4 Å². The van der Waals surface area contributed by atoms with Gasteiger partial charge in [0.2, 0.25) is 5.91 Å². The van der Waals surface area contributed by atoms with E-state index in [1.807, 2.05) is 50.2 Å². The number of pyridine rings is 1. The van der Waals surface area contributed by atoms with Gasteiger partial charge in [0.05, 0.1) is 5.41 Å². The van der Waals surface area contributed by atoms with E-state index in [4.69, 9.17) is 17.3 Å². The molecule has 1 aromatic carbocycles. The maximum absolute atomic E-state index is 13.5. The van der Waals surface area contributed by atoms with Gasteiger partial charge in [0.15, 0.2) is 0 Å². The molecule has 6 heteroatoms. The van der Waals surface area contributed by atoms with Crippen molar-refractivity contribution in [2.45, 2.75) is 63.8 Å². The van der Waals surface area contributed by atoms with Crippen LogP contribution in [-0.4, -0.2) is 29.3 Å². The Bertz CT molecular complexity index is 1070. The lowest BCUT2D eigenvalue weighted by molar-refractivity contribution is -0.151. The first-order valence-corrected chi connectivity index (χ1v) is 13.3. The molecule has 0 saturated heterocycles. The first kappa shape index (κ1) is 24.5. The van der Waals surface area contributed by atoms with Gasteiger partial charge in [0, 0.05) is 41.8 Å². The highest BCUT2D eigenvalue weighted by molar-refractivity contribution is 6.30. The molecule has 4 aliphatic carbocycles. The molecular formula is C29H36ClN3O2. The number of nitrogens with two attached hydrogens (primary N) is 1. The standard InChI is InChI=1S/C29H36ClN3O2/c1-28(2,22-3-5-23(30)6-4-22)27(35)33-17-24(31)26-20-11-19-12-21(26)16-29(14-19,15-20)25(34)13-18-7-9-32-10-8-18/h3-10,19-21,24,26H,11-17,31H2,1-2H3,(H,33,35). The van der Waals surface area contributed by atoms with Gasteiger partial charge < -0.3 is 11.1 Å². The number of hydrogen-bond acceptors (Lipinski definition) is 4. The van der Waals surface area contributed by atoms with Gasteiger partial charge in [0.1, 0.15) is 5.78 Å². The topological polar surface area (TPSA) is 85.1 Å². The molecule has 0 aliphatic heterocycles. The van der Waals surface area contributed by atoms with Crippen LogP contribution in [0, 0.1) is 29.1 Å². The number of Topliss-reactive ketones (excluding diaryl/α,β-unsaturated/α-hetero) is 1. The van der Waals surface area contributed by atoms with E-state index < -0.39 is 5.41 Å². The average molecular weight is 494 g/mol. The SMILES string of the molecule is CC(C)(C(=O)NCC(N)C1C2CC3CC1CC(C(=O)Cc1ccncc1)(C3)C2)c1ccc(Cl)cc1. The molecule has 6 rings (SSSR count). The fraction of sp³-hybridized carbons (Fsp3) is 0.552. The van der Waals surface area contributed by atoms with Crippen LogP contribution in [0.4, 0.5) is 0 Å². The van der Waals surface area contributed by atoms with Crippen LogP contribution in [0.15, 0.2) is 48.8 Å². The van der Waals surface area contributed by atoms with Crippen LogP contribution in [0.25, 0.3) is 0 Å². The van der Waals surface area contributed by atoms with E-state index in [1.165, 1.54) is 12.8 Å². The Morgan fingerprint density at radius 2 is 1.71 bits per heavy atom. The quantitative estimate of drug-likeness (QED) is 0.557. The van der Waals surface area contributed by atoms with Crippen molar-refractivity contribution >= 4 is 23.3 Å². The monoisotopic (exact) mass is 493 g/mol. The molecule has 1 aromatic heterocycles. The van der Waals surface area contributed by atoms with Crippen molar-refractivity contribution in [2.24, 2.45) is 34.8 Å². The van der Waals surface area contributed by atoms with E-state index >= 15 is 0 Å². The summed E-state index contributed by atoms with van der Waals surface area (Å²) < 4.78 is 0. The number of carbonyl (C=O) groups excluding carboxylic acids is 2. The van der Waals surface area contributed by atoms with E-state index in [0.717, 1.165) is 30.4 Å². The number of nitrogens with zero attached hydrogens (tertiary/aromatic N) is 1. The molecule has 3 unspecified atom stereocenters. The van der Waals surface area contributed by atoms with Crippen molar-refractivity contribution < 1.29 is 9.59 Å². The van der Waals surface area contributed by atoms with Gasteiger partial charge in [-0.15, -0.1) is 0 Å². The zero-order chi connectivity index (χ0) is 24.8. The summed E-state index contributed by atoms with van der Waals surface area (Å²) in [4.78, 5) is 30.7. The Kier molecular flexibility index (Phi) is 6.52. The van der Waals surface area contributed by atoms with Crippen LogP contribution in [0.2, 0.25) is 5.02 Å². The first-order valence-electron chi connectivity index (χ1n) is 12.9. The van der Waals surface area contributed by atoms with Gasteiger partial charge >= 0.3 is 0 Å². The number of aromatic nitrogens is 1. The van der Waals surface area contributed by atoms with Crippen molar-refractivity contribution in [2.75, 3.05) is 6.54 Å². The van der Waals surface area contributed by atoms with E-state index in [1.54, 1.807) is 12.4 Å². The second-order valence-corrected chi connectivity index (χ2v) is 12.2. The Morgan fingerprint density at radius 3 is 2.34 bits per heavy atom. The maximum atomic E-state index is 13.5. The Labute approximate surface area is 213 Å². The largest absolute Gasteiger partial charge is 0.354 e. The summed E-state index contributed by atoms with van der Waals surface area (Å²) in [6, 6.07) is 11.2. The number of halogens is 1. The van der Waals surface area contributed by atoms with Crippen LogP contribution in [-0.2, 0) is 21.4 Å². The molecule has 35 heavy (non-hydrogen) atoms. The van der Waals surface area contributed by atoms with Gasteiger partial charge in [-0.05, 0) is 105 Å². The fourth-order valence-corrected chi connectivity index (χ4v) is 7.67. The molecule has 4 fully saturated rings. The number of amides is 1. The summed E-state index contributed by atoms with van der Waals surface area (Å²) in [7, 11) is 0. The molecule has 5 nitrogen and oxygen atoms in total. The Morgan fingerprint density at radius 1 is 1.09 bits per heavy atom. The molecule has 3 N–H and O–H groups in total. The number of carbonyl (C=O) groups is 2. The van der Waals surface area contributed by atoms with Gasteiger partial charge in [0.25, 0.3) is 0 Å². The van der Waals surface area contributed by atoms with E-state index in [2.05, 4.69) is 10.3 Å². The normalized spacial score (nSPS) is 30.2. The molecule has 1 amide bonds. The minimum Gasteiger partial charge on any atom is -0.354 e. The lowest BCUT2D eigenvalue weighted by Gasteiger charge is -2.60. The third-order valence-corrected chi connectivity index (χ3v) is 9.43. The van der Waals surface area contributed by atoms with Crippen molar-refractivity contribution in [3.8, 4) is 0 Å². The molecule has 186 valence electrons. The minimum absolute atomic E-state index is 0.0249. The molecule has 0 radical (unpaired) electrons. The van der Waals surface area contributed by atoms with Gasteiger partial charge in [-0.3, -0.25) is 14.6 Å². The van der Waals surface area contributed by atoms with Crippen molar-refractivity contribution in [3.63, 3.8) is 0 Å². The lowest BCUT2D eigenvalue weighted by atomic mass is 9.44. The summed E-state index contributed by atoms with van der Waals surface area (Å²) in [6.45, 7) is 4.33. The van der Waals surface area contributed by atoms with Crippen LogP contribution in [0.5, 0.6) is 0 Å². The first-order chi connectivity index (χ1) is 16.7. The number of ketones is 1. The number of rotatable bonds is 8. The minimum atomic E-state index is -0.669. The number of benzene rings is 1. The van der Waals surface area contributed by atoms with Crippen molar-refractivity contribution in [3.05, 3.63) is 64.9 Å². The van der Waals surface area contributed by atoms with E-state index in [9.17, 15) is 9.59 Å². The molecule has 4 saturated carbocycles. The molecule has 4 bridgehead atoms. The second kappa shape index (κ2) is 9.33. The second-order valence-electron chi connectivity index (χ2n) is 11.8. The van der Waals surface area contributed by atoms with Crippen molar-refractivity contribution in [1.82, 2.24) is 10.3 Å². The molecular weight excluding hydrogens is 458 g/mol. The molecule has 2 aromatic rings. The van der Waals surface area contributed by atoms with Crippen LogP contribution >= 0.6 is 11.6 Å². The zero-order valence-corrected chi connectivity index (χ0v) is 21.4. The molecule has 1 heterocycles.